The Bertz CT molecular complexity index is 470. The summed E-state index contributed by atoms with van der Waals surface area (Å²) in [4.78, 5) is 1.21. The summed E-state index contributed by atoms with van der Waals surface area (Å²) in [6.45, 7) is 1.18. The molecule has 0 aliphatic heterocycles. The van der Waals surface area contributed by atoms with Crippen molar-refractivity contribution in [3.63, 3.8) is 0 Å². The van der Waals surface area contributed by atoms with Gasteiger partial charge in [-0.15, -0.1) is 11.3 Å². The second-order valence-electron chi connectivity index (χ2n) is 3.32. The van der Waals surface area contributed by atoms with Crippen molar-refractivity contribution in [1.29, 1.82) is 0 Å². The molecule has 1 nitrogen and oxygen atoms in total. The van der Waals surface area contributed by atoms with Crippen molar-refractivity contribution in [3.05, 3.63) is 55.6 Å². The van der Waals surface area contributed by atoms with E-state index in [1.54, 1.807) is 11.3 Å². The lowest BCUT2D eigenvalue weighted by atomic mass is 10.2. The summed E-state index contributed by atoms with van der Waals surface area (Å²) in [6, 6.07) is 9.81. The first-order valence-corrected chi connectivity index (χ1v) is 6.85. The Morgan fingerprint density at radius 2 is 2.06 bits per heavy atom. The number of rotatable bonds is 4. The molecule has 1 aromatic carbocycles. The van der Waals surface area contributed by atoms with E-state index < -0.39 is 0 Å². The molecule has 2 aromatic rings. The van der Waals surface area contributed by atoms with E-state index in [1.807, 2.05) is 29.6 Å². The molecule has 84 valence electrons. The van der Waals surface area contributed by atoms with Crippen LogP contribution in [-0.2, 0) is 18.0 Å². The van der Waals surface area contributed by atoms with Crippen LogP contribution in [0.25, 0.3) is 0 Å². The number of halogens is 2. The summed E-state index contributed by atoms with van der Waals surface area (Å²) in [5.41, 5.74) is 1.03. The quantitative estimate of drug-likeness (QED) is 0.781. The molecule has 0 N–H and O–H groups in total. The molecule has 0 fully saturated rings. The Labute approximate surface area is 112 Å². The summed E-state index contributed by atoms with van der Waals surface area (Å²) in [7, 11) is 0. The van der Waals surface area contributed by atoms with Gasteiger partial charge in [-0.1, -0.05) is 29.8 Å². The summed E-state index contributed by atoms with van der Waals surface area (Å²) in [5.74, 6) is 0. The van der Waals surface area contributed by atoms with E-state index in [0.717, 1.165) is 15.1 Å². The van der Waals surface area contributed by atoms with Crippen LogP contribution in [0.1, 0.15) is 10.4 Å². The molecule has 0 aliphatic rings. The van der Waals surface area contributed by atoms with E-state index in [1.165, 1.54) is 4.88 Å². The lowest BCUT2D eigenvalue weighted by molar-refractivity contribution is 0.109. The van der Waals surface area contributed by atoms with Crippen molar-refractivity contribution >= 4 is 38.9 Å². The highest BCUT2D eigenvalue weighted by Gasteiger charge is 2.01. The molecule has 0 atom stereocenters. The van der Waals surface area contributed by atoms with E-state index in [9.17, 15) is 0 Å². The number of hydrogen-bond acceptors (Lipinski definition) is 2. The summed E-state index contributed by atoms with van der Waals surface area (Å²) in [6.07, 6.45) is 0. The maximum atomic E-state index is 6.03. The van der Waals surface area contributed by atoms with Crippen molar-refractivity contribution in [3.8, 4) is 0 Å². The smallest absolute Gasteiger partial charge is 0.0814 e. The molecule has 0 unspecified atom stereocenters. The fraction of sp³-hybridized carbons (Fsp3) is 0.167. The van der Waals surface area contributed by atoms with Crippen LogP contribution in [0.2, 0.25) is 5.02 Å². The van der Waals surface area contributed by atoms with Gasteiger partial charge in [-0.2, -0.15) is 0 Å². The minimum Gasteiger partial charge on any atom is -0.371 e. The minimum atomic E-state index is 0.551. The Morgan fingerprint density at radius 1 is 1.25 bits per heavy atom. The molecule has 0 aliphatic carbocycles. The van der Waals surface area contributed by atoms with E-state index in [4.69, 9.17) is 16.3 Å². The van der Waals surface area contributed by atoms with Crippen LogP contribution in [0.15, 0.2) is 40.2 Å². The first-order valence-electron chi connectivity index (χ1n) is 4.80. The standard InChI is InChI=1S/C12H10BrClOS/c13-10-5-11(16-8-10)7-15-6-9-3-1-2-4-12(9)14/h1-5,8H,6-7H2. The van der Waals surface area contributed by atoms with Crippen molar-refractivity contribution in [2.75, 3.05) is 0 Å². The average Bonchev–Trinajstić information content (AvgIpc) is 2.67. The fourth-order valence-corrected chi connectivity index (χ4v) is 2.88. The SMILES string of the molecule is Clc1ccccc1COCc1cc(Br)cs1. The van der Waals surface area contributed by atoms with Crippen molar-refractivity contribution in [1.82, 2.24) is 0 Å². The van der Waals surface area contributed by atoms with Crippen molar-refractivity contribution in [2.24, 2.45) is 0 Å². The second kappa shape index (κ2) is 5.82. The predicted octanol–water partition coefficient (Wildman–Crippen LogP) is 4.88. The largest absolute Gasteiger partial charge is 0.371 e. The van der Waals surface area contributed by atoms with Gasteiger partial charge >= 0.3 is 0 Å². The van der Waals surface area contributed by atoms with Crippen LogP contribution >= 0.6 is 38.9 Å². The summed E-state index contributed by atoms with van der Waals surface area (Å²) in [5, 5.41) is 2.81. The maximum Gasteiger partial charge on any atom is 0.0814 e. The molecule has 0 radical (unpaired) electrons. The molecular weight excluding hydrogens is 308 g/mol. The molecule has 0 bridgehead atoms. The van der Waals surface area contributed by atoms with Gasteiger partial charge in [0, 0.05) is 19.8 Å². The molecule has 16 heavy (non-hydrogen) atoms. The molecule has 0 saturated heterocycles. The number of hydrogen-bond donors (Lipinski definition) is 0. The van der Waals surface area contributed by atoms with Crippen LogP contribution in [0.4, 0.5) is 0 Å². The Morgan fingerprint density at radius 3 is 2.75 bits per heavy atom. The first-order chi connectivity index (χ1) is 7.75. The Kier molecular flexibility index (Phi) is 4.41. The van der Waals surface area contributed by atoms with Gasteiger partial charge in [-0.25, -0.2) is 0 Å². The highest BCUT2D eigenvalue weighted by Crippen LogP contribution is 2.21. The van der Waals surface area contributed by atoms with Crippen LogP contribution in [0.5, 0.6) is 0 Å². The van der Waals surface area contributed by atoms with Gasteiger partial charge in [0.2, 0.25) is 0 Å². The number of thiophene rings is 1. The van der Waals surface area contributed by atoms with E-state index in [2.05, 4.69) is 22.0 Å². The average molecular weight is 318 g/mol. The number of ether oxygens (including phenoxy) is 1. The van der Waals surface area contributed by atoms with Crippen LogP contribution in [-0.4, -0.2) is 0 Å². The zero-order valence-corrected chi connectivity index (χ0v) is 11.6. The Hall–Kier alpha value is -0.350. The zero-order chi connectivity index (χ0) is 11.4. The van der Waals surface area contributed by atoms with E-state index in [-0.39, 0.29) is 0 Å². The topological polar surface area (TPSA) is 9.23 Å². The van der Waals surface area contributed by atoms with E-state index >= 15 is 0 Å². The van der Waals surface area contributed by atoms with Gasteiger partial charge in [-0.3, -0.25) is 0 Å². The highest BCUT2D eigenvalue weighted by atomic mass is 79.9. The zero-order valence-electron chi connectivity index (χ0n) is 8.45. The van der Waals surface area contributed by atoms with Gasteiger partial charge in [-0.05, 0) is 33.6 Å². The highest BCUT2D eigenvalue weighted by molar-refractivity contribution is 9.10. The molecule has 2 rings (SSSR count). The molecule has 1 aromatic heterocycles. The summed E-state index contributed by atoms with van der Waals surface area (Å²) >= 11 is 11.1. The van der Waals surface area contributed by atoms with Gasteiger partial charge < -0.3 is 4.74 Å². The second-order valence-corrected chi connectivity index (χ2v) is 5.63. The first kappa shape index (κ1) is 12.1. The van der Waals surface area contributed by atoms with Gasteiger partial charge in [0.1, 0.15) is 0 Å². The lowest BCUT2D eigenvalue weighted by Crippen LogP contribution is -1.92. The molecule has 0 saturated carbocycles. The third-order valence-electron chi connectivity index (χ3n) is 2.08. The maximum absolute atomic E-state index is 6.03. The van der Waals surface area contributed by atoms with Crippen LogP contribution in [0, 0.1) is 0 Å². The molecule has 4 heteroatoms. The molecule has 1 heterocycles. The fourth-order valence-electron chi connectivity index (χ4n) is 1.31. The van der Waals surface area contributed by atoms with E-state index in [0.29, 0.717) is 13.2 Å². The Balaban J connectivity index is 1.87. The van der Waals surface area contributed by atoms with Gasteiger partial charge in [0.25, 0.3) is 0 Å². The van der Waals surface area contributed by atoms with Crippen molar-refractivity contribution < 1.29 is 4.74 Å². The third kappa shape index (κ3) is 3.32. The van der Waals surface area contributed by atoms with Gasteiger partial charge in [0.05, 0.1) is 13.2 Å². The summed E-state index contributed by atoms with van der Waals surface area (Å²) < 4.78 is 6.71. The molecule has 0 amide bonds. The normalized spacial score (nSPS) is 10.6. The van der Waals surface area contributed by atoms with Crippen LogP contribution in [0.3, 0.4) is 0 Å². The van der Waals surface area contributed by atoms with Crippen molar-refractivity contribution in [2.45, 2.75) is 13.2 Å². The minimum absolute atomic E-state index is 0.551. The van der Waals surface area contributed by atoms with Gasteiger partial charge in [0.15, 0.2) is 0 Å². The predicted molar refractivity (Wildman–Crippen MR) is 72.0 cm³/mol. The molecular formula is C12H10BrClOS. The number of benzene rings is 1. The third-order valence-corrected chi connectivity index (χ3v) is 4.12. The monoisotopic (exact) mass is 316 g/mol. The van der Waals surface area contributed by atoms with Crippen LogP contribution < -0.4 is 0 Å². The lowest BCUT2D eigenvalue weighted by Gasteiger charge is -2.04. The molecule has 0 spiro atoms.